The fraction of sp³-hybridized carbons (Fsp3) is 0.158. The minimum atomic E-state index is 0.584. The normalized spacial score (nSPS) is 17.6. The van der Waals surface area contributed by atoms with Crippen LogP contribution in [0.5, 0.6) is 0 Å². The lowest BCUT2D eigenvalue weighted by Crippen LogP contribution is -1.95. The van der Waals surface area contributed by atoms with Crippen LogP contribution >= 0.6 is 0 Å². The first-order chi connectivity index (χ1) is 9.42. The van der Waals surface area contributed by atoms with Crippen molar-refractivity contribution in [1.82, 2.24) is 0 Å². The Kier molecular flexibility index (Phi) is 2.41. The predicted molar refractivity (Wildman–Crippen MR) is 80.6 cm³/mol. The second-order valence-corrected chi connectivity index (χ2v) is 5.40. The third kappa shape index (κ3) is 1.76. The highest BCUT2D eigenvalue weighted by Gasteiger charge is 2.23. The molecule has 0 radical (unpaired) electrons. The third-order valence-corrected chi connectivity index (χ3v) is 4.29. The van der Waals surface area contributed by atoms with Crippen molar-refractivity contribution in [2.24, 2.45) is 0 Å². The van der Waals surface area contributed by atoms with Crippen LogP contribution in [0.15, 0.2) is 66.7 Å². The number of hydrogen-bond donors (Lipinski definition) is 0. The summed E-state index contributed by atoms with van der Waals surface area (Å²) in [5.74, 6) is 0.584. The molecule has 0 saturated heterocycles. The van der Waals surface area contributed by atoms with E-state index < -0.39 is 0 Å². The molecule has 0 saturated carbocycles. The standard InChI is InChI=1S/C19H16/c1-2-6-14(7-3-1)18-11-10-17-12-15-8-4-5-9-16(15)13-19(17)18/h1-9,12-13,18H,10-11H2. The van der Waals surface area contributed by atoms with Gasteiger partial charge in [-0.3, -0.25) is 0 Å². The van der Waals surface area contributed by atoms with Gasteiger partial charge in [-0.25, -0.2) is 0 Å². The van der Waals surface area contributed by atoms with E-state index in [0.29, 0.717) is 5.92 Å². The first-order valence-corrected chi connectivity index (χ1v) is 6.98. The quantitative estimate of drug-likeness (QED) is 0.570. The summed E-state index contributed by atoms with van der Waals surface area (Å²) in [5, 5.41) is 2.74. The molecule has 1 aliphatic carbocycles. The molecule has 4 rings (SSSR count). The van der Waals surface area contributed by atoms with Gasteiger partial charge < -0.3 is 0 Å². The fourth-order valence-corrected chi connectivity index (χ4v) is 3.33. The van der Waals surface area contributed by atoms with Crippen molar-refractivity contribution >= 4 is 10.8 Å². The highest BCUT2D eigenvalue weighted by atomic mass is 14.3. The van der Waals surface area contributed by atoms with Crippen LogP contribution in [-0.2, 0) is 6.42 Å². The van der Waals surface area contributed by atoms with Gasteiger partial charge in [-0.15, -0.1) is 0 Å². The molecule has 19 heavy (non-hydrogen) atoms. The molecule has 0 fully saturated rings. The van der Waals surface area contributed by atoms with Crippen LogP contribution in [0.1, 0.15) is 29.0 Å². The molecule has 1 unspecified atom stereocenters. The summed E-state index contributed by atoms with van der Waals surface area (Å²) in [7, 11) is 0. The summed E-state index contributed by atoms with van der Waals surface area (Å²) in [4.78, 5) is 0. The van der Waals surface area contributed by atoms with Crippen LogP contribution in [0, 0.1) is 0 Å². The molecule has 92 valence electrons. The minimum Gasteiger partial charge on any atom is -0.0622 e. The summed E-state index contributed by atoms with van der Waals surface area (Å²) in [6.45, 7) is 0. The van der Waals surface area contributed by atoms with E-state index in [-0.39, 0.29) is 0 Å². The van der Waals surface area contributed by atoms with Crippen molar-refractivity contribution in [3.05, 3.63) is 83.4 Å². The predicted octanol–water partition coefficient (Wildman–Crippen LogP) is 4.92. The molecule has 0 spiro atoms. The molecular weight excluding hydrogens is 228 g/mol. The number of aryl methyl sites for hydroxylation is 1. The zero-order valence-corrected chi connectivity index (χ0v) is 10.8. The number of hydrogen-bond acceptors (Lipinski definition) is 0. The van der Waals surface area contributed by atoms with Crippen molar-refractivity contribution in [3.8, 4) is 0 Å². The molecule has 0 aromatic heterocycles. The van der Waals surface area contributed by atoms with E-state index in [2.05, 4.69) is 66.7 Å². The SMILES string of the molecule is c1ccc(C2CCc3cc4ccccc4cc32)cc1. The Morgan fingerprint density at radius 2 is 1.42 bits per heavy atom. The van der Waals surface area contributed by atoms with Gasteiger partial charge in [0.15, 0.2) is 0 Å². The highest BCUT2D eigenvalue weighted by Crippen LogP contribution is 2.39. The van der Waals surface area contributed by atoms with Gasteiger partial charge >= 0.3 is 0 Å². The van der Waals surface area contributed by atoms with E-state index in [9.17, 15) is 0 Å². The molecule has 0 bridgehead atoms. The maximum absolute atomic E-state index is 2.40. The molecule has 1 atom stereocenters. The van der Waals surface area contributed by atoms with Gasteiger partial charge in [0.1, 0.15) is 0 Å². The van der Waals surface area contributed by atoms with E-state index in [1.54, 1.807) is 0 Å². The van der Waals surface area contributed by atoms with Gasteiger partial charge in [-0.2, -0.15) is 0 Å². The van der Waals surface area contributed by atoms with Crippen LogP contribution < -0.4 is 0 Å². The van der Waals surface area contributed by atoms with Crippen molar-refractivity contribution in [2.75, 3.05) is 0 Å². The first kappa shape index (κ1) is 10.8. The molecule has 3 aromatic carbocycles. The van der Waals surface area contributed by atoms with Crippen molar-refractivity contribution in [2.45, 2.75) is 18.8 Å². The Bertz CT molecular complexity index is 725. The van der Waals surface area contributed by atoms with Crippen LogP contribution in [-0.4, -0.2) is 0 Å². The molecular formula is C19H16. The molecule has 0 aliphatic heterocycles. The Morgan fingerprint density at radius 1 is 0.737 bits per heavy atom. The van der Waals surface area contributed by atoms with Gasteiger partial charge in [0.25, 0.3) is 0 Å². The molecule has 0 heteroatoms. The molecule has 1 aliphatic rings. The number of rotatable bonds is 1. The largest absolute Gasteiger partial charge is 0.0622 e. The van der Waals surface area contributed by atoms with Crippen LogP contribution in [0.2, 0.25) is 0 Å². The van der Waals surface area contributed by atoms with E-state index in [1.165, 1.54) is 40.3 Å². The zero-order chi connectivity index (χ0) is 12.7. The molecule has 3 aromatic rings. The average molecular weight is 244 g/mol. The Hall–Kier alpha value is -2.08. The van der Waals surface area contributed by atoms with E-state index >= 15 is 0 Å². The van der Waals surface area contributed by atoms with Gasteiger partial charge in [-0.05, 0) is 40.3 Å². The topological polar surface area (TPSA) is 0 Å². The minimum absolute atomic E-state index is 0.584. The number of benzene rings is 3. The zero-order valence-electron chi connectivity index (χ0n) is 10.8. The van der Waals surface area contributed by atoms with Gasteiger partial charge in [0.2, 0.25) is 0 Å². The molecule has 0 amide bonds. The lowest BCUT2D eigenvalue weighted by molar-refractivity contribution is 0.788. The summed E-state index contributed by atoms with van der Waals surface area (Å²) >= 11 is 0. The molecule has 0 N–H and O–H groups in total. The molecule has 0 nitrogen and oxygen atoms in total. The number of fused-ring (bicyclic) bond motifs is 2. The van der Waals surface area contributed by atoms with Gasteiger partial charge in [-0.1, -0.05) is 66.7 Å². The lowest BCUT2D eigenvalue weighted by atomic mass is 9.92. The van der Waals surface area contributed by atoms with Crippen LogP contribution in [0.3, 0.4) is 0 Å². The van der Waals surface area contributed by atoms with Crippen molar-refractivity contribution in [1.29, 1.82) is 0 Å². The first-order valence-electron chi connectivity index (χ1n) is 6.98. The second-order valence-electron chi connectivity index (χ2n) is 5.40. The van der Waals surface area contributed by atoms with Crippen LogP contribution in [0.4, 0.5) is 0 Å². The van der Waals surface area contributed by atoms with Crippen molar-refractivity contribution < 1.29 is 0 Å². The van der Waals surface area contributed by atoms with E-state index in [4.69, 9.17) is 0 Å². The van der Waals surface area contributed by atoms with Crippen molar-refractivity contribution in [3.63, 3.8) is 0 Å². The summed E-state index contributed by atoms with van der Waals surface area (Å²) in [6.07, 6.45) is 2.45. The summed E-state index contributed by atoms with van der Waals surface area (Å²) < 4.78 is 0. The Labute approximate surface area is 113 Å². The average Bonchev–Trinajstić information content (AvgIpc) is 2.88. The van der Waals surface area contributed by atoms with Gasteiger partial charge in [0, 0.05) is 5.92 Å². The van der Waals surface area contributed by atoms with E-state index in [1.807, 2.05) is 0 Å². The fourth-order valence-electron chi connectivity index (χ4n) is 3.33. The Morgan fingerprint density at radius 3 is 2.21 bits per heavy atom. The maximum atomic E-state index is 2.40. The smallest absolute Gasteiger partial charge is 0.00954 e. The third-order valence-electron chi connectivity index (χ3n) is 4.29. The molecule has 0 heterocycles. The Balaban J connectivity index is 1.88. The van der Waals surface area contributed by atoms with Gasteiger partial charge in [0.05, 0.1) is 0 Å². The monoisotopic (exact) mass is 244 g/mol. The summed E-state index contributed by atoms with van der Waals surface area (Å²) in [5.41, 5.74) is 4.52. The highest BCUT2D eigenvalue weighted by molar-refractivity contribution is 5.84. The lowest BCUT2D eigenvalue weighted by Gasteiger charge is -2.12. The van der Waals surface area contributed by atoms with E-state index in [0.717, 1.165) is 0 Å². The van der Waals surface area contributed by atoms with Crippen LogP contribution in [0.25, 0.3) is 10.8 Å². The summed E-state index contributed by atoms with van der Waals surface area (Å²) in [6, 6.07) is 24.4. The maximum Gasteiger partial charge on any atom is 0.00954 e. The second kappa shape index (κ2) is 4.24.